The summed E-state index contributed by atoms with van der Waals surface area (Å²) >= 11 is 0. The molecule has 2 N–H and O–H groups in total. The lowest BCUT2D eigenvalue weighted by molar-refractivity contribution is -0.140. The molecule has 1 aromatic carbocycles. The van der Waals surface area contributed by atoms with Crippen LogP contribution in [-0.4, -0.2) is 29.9 Å². The highest BCUT2D eigenvalue weighted by Crippen LogP contribution is 2.33. The topological polar surface area (TPSA) is 46.3 Å². The highest BCUT2D eigenvalue weighted by Gasteiger charge is 2.36. The molecule has 0 saturated heterocycles. The van der Waals surface area contributed by atoms with Gasteiger partial charge in [0.1, 0.15) is 5.82 Å². The molecule has 0 aromatic heterocycles. The Balaban J connectivity index is 2.25. The maximum atomic E-state index is 13.2. The summed E-state index contributed by atoms with van der Waals surface area (Å²) < 4.78 is 51.3. The van der Waals surface area contributed by atoms with Crippen LogP contribution in [0.2, 0.25) is 0 Å². The van der Waals surface area contributed by atoms with E-state index in [0.29, 0.717) is 31.6 Å². The highest BCUT2D eigenvalue weighted by atomic mass is 19.4. The second-order valence-corrected chi connectivity index (χ2v) is 5.06. The van der Waals surface area contributed by atoms with Crippen LogP contribution in [0.25, 0.3) is 0 Å². The fraction of sp³-hybridized carbons (Fsp3) is 0.500. The number of benzene rings is 1. The summed E-state index contributed by atoms with van der Waals surface area (Å²) in [5, 5.41) is 0. The van der Waals surface area contributed by atoms with Gasteiger partial charge in [0, 0.05) is 18.2 Å². The van der Waals surface area contributed by atoms with Gasteiger partial charge in [0.05, 0.1) is 5.56 Å². The second-order valence-electron chi connectivity index (χ2n) is 5.06. The Morgan fingerprint density at radius 1 is 1.33 bits per heavy atom. The van der Waals surface area contributed by atoms with Crippen LogP contribution in [0.5, 0.6) is 0 Å². The molecule has 0 aliphatic heterocycles. The van der Waals surface area contributed by atoms with E-state index in [1.807, 2.05) is 0 Å². The quantitative estimate of drug-likeness (QED) is 0.850. The number of rotatable bonds is 5. The number of carbonyl (C=O) groups excluding carboxylic acids is 1. The van der Waals surface area contributed by atoms with E-state index < -0.39 is 23.5 Å². The third-order valence-electron chi connectivity index (χ3n) is 3.37. The van der Waals surface area contributed by atoms with Crippen LogP contribution >= 0.6 is 0 Å². The van der Waals surface area contributed by atoms with Gasteiger partial charge in [0.15, 0.2) is 0 Å². The van der Waals surface area contributed by atoms with Crippen molar-refractivity contribution in [2.45, 2.75) is 31.5 Å². The monoisotopic (exact) mass is 304 g/mol. The molecule has 1 fully saturated rings. The van der Waals surface area contributed by atoms with Crippen LogP contribution in [0.1, 0.15) is 35.2 Å². The zero-order valence-electron chi connectivity index (χ0n) is 11.3. The Kier molecular flexibility index (Phi) is 4.51. The van der Waals surface area contributed by atoms with E-state index in [1.54, 1.807) is 0 Å². The summed E-state index contributed by atoms with van der Waals surface area (Å²) in [5.74, 6) is -1.88. The van der Waals surface area contributed by atoms with Crippen molar-refractivity contribution in [3.05, 3.63) is 35.1 Å². The van der Waals surface area contributed by atoms with E-state index in [1.165, 1.54) is 4.90 Å². The van der Waals surface area contributed by atoms with E-state index in [0.717, 1.165) is 18.9 Å². The van der Waals surface area contributed by atoms with Gasteiger partial charge in [-0.2, -0.15) is 13.2 Å². The Morgan fingerprint density at radius 3 is 2.52 bits per heavy atom. The summed E-state index contributed by atoms with van der Waals surface area (Å²) in [6, 6.07) is 2.41. The van der Waals surface area contributed by atoms with Crippen LogP contribution in [0, 0.1) is 5.82 Å². The van der Waals surface area contributed by atoms with Crippen molar-refractivity contribution in [3.63, 3.8) is 0 Å². The normalized spacial score (nSPS) is 15.1. The number of alkyl halides is 3. The first-order chi connectivity index (χ1) is 9.84. The fourth-order valence-corrected chi connectivity index (χ4v) is 2.14. The lowest BCUT2D eigenvalue weighted by atomic mass is 10.1. The third kappa shape index (κ3) is 3.72. The molecule has 0 heterocycles. The van der Waals surface area contributed by atoms with Gasteiger partial charge in [-0.05, 0) is 44.0 Å². The van der Waals surface area contributed by atoms with Gasteiger partial charge in [-0.3, -0.25) is 4.79 Å². The Labute approximate surface area is 119 Å². The summed E-state index contributed by atoms with van der Waals surface area (Å²) in [7, 11) is 0. The van der Waals surface area contributed by atoms with Crippen LogP contribution < -0.4 is 5.73 Å². The van der Waals surface area contributed by atoms with Crippen molar-refractivity contribution in [1.29, 1.82) is 0 Å². The molecule has 0 unspecified atom stereocenters. The summed E-state index contributed by atoms with van der Waals surface area (Å²) in [6.45, 7) is 0.798. The summed E-state index contributed by atoms with van der Waals surface area (Å²) in [5.41, 5.74) is 3.84. The average Bonchev–Trinajstić information content (AvgIpc) is 3.22. The molecule has 7 heteroatoms. The first kappa shape index (κ1) is 15.8. The van der Waals surface area contributed by atoms with E-state index >= 15 is 0 Å². The number of amides is 1. The van der Waals surface area contributed by atoms with Crippen molar-refractivity contribution in [1.82, 2.24) is 4.90 Å². The van der Waals surface area contributed by atoms with E-state index in [9.17, 15) is 22.4 Å². The zero-order chi connectivity index (χ0) is 15.6. The first-order valence-corrected chi connectivity index (χ1v) is 6.72. The van der Waals surface area contributed by atoms with Gasteiger partial charge in [0.2, 0.25) is 0 Å². The fourth-order valence-electron chi connectivity index (χ4n) is 2.14. The molecule has 1 aliphatic carbocycles. The van der Waals surface area contributed by atoms with Crippen LogP contribution in [0.3, 0.4) is 0 Å². The molecule has 0 bridgehead atoms. The lowest BCUT2D eigenvalue weighted by Gasteiger charge is -2.22. The molecule has 3 nitrogen and oxygen atoms in total. The molecule has 2 rings (SSSR count). The van der Waals surface area contributed by atoms with Gasteiger partial charge < -0.3 is 10.6 Å². The number of nitrogens with two attached hydrogens (primary N) is 1. The molecule has 1 saturated carbocycles. The van der Waals surface area contributed by atoms with Gasteiger partial charge in [0.25, 0.3) is 5.91 Å². The third-order valence-corrected chi connectivity index (χ3v) is 3.37. The van der Waals surface area contributed by atoms with Gasteiger partial charge in [-0.25, -0.2) is 4.39 Å². The summed E-state index contributed by atoms with van der Waals surface area (Å²) in [4.78, 5) is 13.8. The summed E-state index contributed by atoms with van der Waals surface area (Å²) in [6.07, 6.45) is -2.56. The molecule has 1 aliphatic rings. The molecular formula is C14H16F4N2O. The van der Waals surface area contributed by atoms with Crippen molar-refractivity contribution < 1.29 is 22.4 Å². The molecular weight excluding hydrogens is 288 g/mol. The Hall–Kier alpha value is -1.63. The van der Waals surface area contributed by atoms with Crippen molar-refractivity contribution in [2.24, 2.45) is 5.73 Å². The maximum absolute atomic E-state index is 13.2. The molecule has 0 radical (unpaired) electrons. The predicted molar refractivity (Wildman–Crippen MR) is 69.1 cm³/mol. The molecule has 1 aromatic rings. The minimum absolute atomic E-state index is 0.0587. The molecule has 116 valence electrons. The average molecular weight is 304 g/mol. The Bertz CT molecular complexity index is 526. The minimum atomic E-state index is -4.82. The number of nitrogens with zero attached hydrogens (tertiary/aromatic N) is 1. The van der Waals surface area contributed by atoms with Gasteiger partial charge >= 0.3 is 6.18 Å². The largest absolute Gasteiger partial charge is 0.419 e. The number of hydrogen-bond donors (Lipinski definition) is 1. The highest BCUT2D eigenvalue weighted by molar-refractivity contribution is 5.94. The van der Waals surface area contributed by atoms with Crippen molar-refractivity contribution in [3.8, 4) is 0 Å². The van der Waals surface area contributed by atoms with E-state index in [2.05, 4.69) is 0 Å². The predicted octanol–water partition coefficient (Wildman–Crippen LogP) is 2.80. The van der Waals surface area contributed by atoms with Crippen LogP contribution in [0.4, 0.5) is 17.6 Å². The number of carbonyl (C=O) groups is 1. The Morgan fingerprint density at radius 2 is 2.00 bits per heavy atom. The van der Waals surface area contributed by atoms with Crippen LogP contribution in [0.15, 0.2) is 18.2 Å². The lowest BCUT2D eigenvalue weighted by Crippen LogP contribution is -2.35. The number of hydrogen-bond acceptors (Lipinski definition) is 2. The molecule has 21 heavy (non-hydrogen) atoms. The number of halogens is 4. The van der Waals surface area contributed by atoms with E-state index in [4.69, 9.17) is 5.73 Å². The van der Waals surface area contributed by atoms with Crippen molar-refractivity contribution in [2.75, 3.05) is 13.1 Å². The molecule has 0 atom stereocenters. The maximum Gasteiger partial charge on any atom is 0.419 e. The smallest absolute Gasteiger partial charge is 0.336 e. The zero-order valence-corrected chi connectivity index (χ0v) is 11.3. The van der Waals surface area contributed by atoms with Crippen LogP contribution in [-0.2, 0) is 6.18 Å². The molecule has 1 amide bonds. The van der Waals surface area contributed by atoms with Crippen molar-refractivity contribution >= 4 is 5.91 Å². The minimum Gasteiger partial charge on any atom is -0.336 e. The standard InChI is InChI=1S/C14H16F4N2O/c15-12-5-2-9(8-11(12)14(16,17)18)13(21)20(7-1-6-19)10-3-4-10/h2,5,8,10H,1,3-4,6-7,19H2. The van der Waals surface area contributed by atoms with E-state index in [-0.39, 0.29) is 11.6 Å². The van der Waals surface area contributed by atoms with Gasteiger partial charge in [-0.1, -0.05) is 0 Å². The SMILES string of the molecule is NCCCN(C(=O)c1ccc(F)c(C(F)(F)F)c1)C1CC1. The van der Waals surface area contributed by atoms with Gasteiger partial charge in [-0.15, -0.1) is 0 Å². The second kappa shape index (κ2) is 6.01. The first-order valence-electron chi connectivity index (χ1n) is 6.72. The molecule has 0 spiro atoms.